The quantitative estimate of drug-likeness (QED) is 0.817. The fraction of sp³-hybridized carbons (Fsp3) is 0.231. The normalized spacial score (nSPS) is 10.4. The third kappa shape index (κ3) is 2.11. The Morgan fingerprint density at radius 3 is 2.47 bits per heavy atom. The van der Waals surface area contributed by atoms with Crippen molar-refractivity contribution < 1.29 is 4.74 Å². The van der Waals surface area contributed by atoms with Gasteiger partial charge in [-0.15, -0.1) is 10.2 Å². The summed E-state index contributed by atoms with van der Waals surface area (Å²) < 4.78 is 5.32. The highest BCUT2D eigenvalue weighted by Gasteiger charge is 2.13. The number of hydrogen-bond acceptors (Lipinski definition) is 3. The van der Waals surface area contributed by atoms with Gasteiger partial charge < -0.3 is 4.74 Å². The highest BCUT2D eigenvalue weighted by Crippen LogP contribution is 2.32. The molecule has 3 nitrogen and oxygen atoms in total. The lowest BCUT2D eigenvalue weighted by atomic mass is 10.0. The smallest absolute Gasteiger partial charge is 0.154 e. The zero-order chi connectivity index (χ0) is 12.4. The third-order valence-corrected chi connectivity index (χ3v) is 3.19. The Morgan fingerprint density at radius 1 is 1.06 bits per heavy atom. The lowest BCUT2D eigenvalue weighted by Gasteiger charge is -2.11. The van der Waals surface area contributed by atoms with Gasteiger partial charge in [-0.05, 0) is 37.1 Å². The van der Waals surface area contributed by atoms with Gasteiger partial charge in [-0.1, -0.05) is 23.7 Å². The molecule has 17 heavy (non-hydrogen) atoms. The first-order chi connectivity index (χ1) is 8.15. The van der Waals surface area contributed by atoms with Crippen molar-refractivity contribution in [3.8, 4) is 17.0 Å². The SMILES string of the molecule is COc1ccccc1-c1nnc(Cl)c(C)c1C. The molecule has 0 amide bonds. The first-order valence-corrected chi connectivity index (χ1v) is 5.65. The fourth-order valence-electron chi connectivity index (χ4n) is 1.67. The molecule has 0 saturated heterocycles. The van der Waals surface area contributed by atoms with Crippen molar-refractivity contribution >= 4 is 11.6 Å². The summed E-state index contributed by atoms with van der Waals surface area (Å²) in [5.74, 6) is 0.784. The van der Waals surface area contributed by atoms with Crippen molar-refractivity contribution in [3.05, 3.63) is 40.5 Å². The van der Waals surface area contributed by atoms with Gasteiger partial charge in [-0.2, -0.15) is 0 Å². The van der Waals surface area contributed by atoms with Gasteiger partial charge in [-0.25, -0.2) is 0 Å². The molecule has 88 valence electrons. The highest BCUT2D eigenvalue weighted by atomic mass is 35.5. The maximum absolute atomic E-state index is 5.94. The van der Waals surface area contributed by atoms with E-state index in [1.807, 2.05) is 38.1 Å². The van der Waals surface area contributed by atoms with Gasteiger partial charge in [0.2, 0.25) is 0 Å². The van der Waals surface area contributed by atoms with Crippen molar-refractivity contribution in [1.29, 1.82) is 0 Å². The summed E-state index contributed by atoms with van der Waals surface area (Å²) in [4.78, 5) is 0. The molecule has 1 heterocycles. The van der Waals surface area contributed by atoms with E-state index < -0.39 is 0 Å². The predicted octanol–water partition coefficient (Wildman–Crippen LogP) is 3.42. The standard InChI is InChI=1S/C13H13ClN2O/c1-8-9(2)13(14)16-15-12(8)10-6-4-5-7-11(10)17-3/h4-7H,1-3H3. The number of hydrogen-bond donors (Lipinski definition) is 0. The number of halogens is 1. The average Bonchev–Trinajstić information content (AvgIpc) is 2.36. The largest absolute Gasteiger partial charge is 0.496 e. The van der Waals surface area contributed by atoms with Gasteiger partial charge in [0.25, 0.3) is 0 Å². The van der Waals surface area contributed by atoms with E-state index in [1.54, 1.807) is 7.11 Å². The van der Waals surface area contributed by atoms with Crippen LogP contribution in [0.4, 0.5) is 0 Å². The number of rotatable bonds is 2. The Hall–Kier alpha value is -1.61. The first kappa shape index (κ1) is 11.9. The lowest BCUT2D eigenvalue weighted by Crippen LogP contribution is -1.98. The molecule has 0 fully saturated rings. The molecule has 0 aliphatic heterocycles. The molecule has 1 aromatic carbocycles. The average molecular weight is 249 g/mol. The molecule has 0 aliphatic carbocycles. The van der Waals surface area contributed by atoms with Crippen LogP contribution >= 0.6 is 11.6 Å². The molecule has 2 aromatic rings. The molecule has 1 aromatic heterocycles. The minimum absolute atomic E-state index is 0.446. The molecule has 4 heteroatoms. The van der Waals surface area contributed by atoms with Crippen molar-refractivity contribution in [2.75, 3.05) is 7.11 Å². The van der Waals surface area contributed by atoms with E-state index in [9.17, 15) is 0 Å². The van der Waals surface area contributed by atoms with Crippen molar-refractivity contribution in [2.24, 2.45) is 0 Å². The summed E-state index contributed by atoms with van der Waals surface area (Å²) in [6.45, 7) is 3.92. The molecule has 0 N–H and O–H groups in total. The number of para-hydroxylation sites is 1. The van der Waals surface area contributed by atoms with Crippen LogP contribution in [-0.4, -0.2) is 17.3 Å². The summed E-state index contributed by atoms with van der Waals surface area (Å²) >= 11 is 5.94. The second kappa shape index (κ2) is 4.72. The van der Waals surface area contributed by atoms with E-state index >= 15 is 0 Å². The molecule has 0 spiro atoms. The summed E-state index contributed by atoms with van der Waals surface area (Å²) in [6.07, 6.45) is 0. The Morgan fingerprint density at radius 2 is 1.76 bits per heavy atom. The van der Waals surface area contributed by atoms with Crippen LogP contribution in [0, 0.1) is 13.8 Å². The summed E-state index contributed by atoms with van der Waals surface area (Å²) in [5.41, 5.74) is 3.71. The molecule has 0 radical (unpaired) electrons. The minimum atomic E-state index is 0.446. The number of ether oxygens (including phenoxy) is 1. The first-order valence-electron chi connectivity index (χ1n) is 5.28. The van der Waals surface area contributed by atoms with Crippen LogP contribution in [0.3, 0.4) is 0 Å². The second-order valence-electron chi connectivity index (χ2n) is 3.79. The van der Waals surface area contributed by atoms with Gasteiger partial charge in [-0.3, -0.25) is 0 Å². The van der Waals surface area contributed by atoms with Gasteiger partial charge in [0.1, 0.15) is 5.75 Å². The van der Waals surface area contributed by atoms with Crippen molar-refractivity contribution in [2.45, 2.75) is 13.8 Å². The van der Waals surface area contributed by atoms with E-state index in [-0.39, 0.29) is 0 Å². The van der Waals surface area contributed by atoms with E-state index in [1.165, 1.54) is 0 Å². The van der Waals surface area contributed by atoms with Crippen molar-refractivity contribution in [3.63, 3.8) is 0 Å². The molecular weight excluding hydrogens is 236 g/mol. The Balaban J connectivity index is 2.65. The van der Waals surface area contributed by atoms with Crippen LogP contribution in [0.2, 0.25) is 5.15 Å². The van der Waals surface area contributed by atoms with Gasteiger partial charge in [0.15, 0.2) is 5.15 Å². The predicted molar refractivity (Wildman–Crippen MR) is 68.5 cm³/mol. The molecule has 0 bridgehead atoms. The van der Waals surface area contributed by atoms with Gasteiger partial charge >= 0.3 is 0 Å². The number of benzene rings is 1. The summed E-state index contributed by atoms with van der Waals surface area (Å²) in [7, 11) is 1.64. The molecule has 0 saturated carbocycles. The Bertz CT molecular complexity index is 555. The van der Waals surface area contributed by atoms with Crippen LogP contribution < -0.4 is 4.74 Å². The van der Waals surface area contributed by atoms with E-state index in [4.69, 9.17) is 16.3 Å². The summed E-state index contributed by atoms with van der Waals surface area (Å²) in [6, 6.07) is 7.74. The Kier molecular flexibility index (Phi) is 3.29. The Labute approximate surface area is 105 Å². The maximum atomic E-state index is 5.94. The van der Waals surface area contributed by atoms with E-state index in [2.05, 4.69) is 10.2 Å². The van der Waals surface area contributed by atoms with Crippen LogP contribution in [0.1, 0.15) is 11.1 Å². The zero-order valence-electron chi connectivity index (χ0n) is 9.99. The molecule has 0 atom stereocenters. The van der Waals surface area contributed by atoms with E-state index in [0.29, 0.717) is 5.15 Å². The highest BCUT2D eigenvalue weighted by molar-refractivity contribution is 6.30. The molecule has 0 aliphatic rings. The van der Waals surface area contributed by atoms with E-state index in [0.717, 1.165) is 28.1 Å². The number of methoxy groups -OCH3 is 1. The van der Waals surface area contributed by atoms with Crippen LogP contribution in [-0.2, 0) is 0 Å². The van der Waals surface area contributed by atoms with Gasteiger partial charge in [0.05, 0.1) is 12.8 Å². The maximum Gasteiger partial charge on any atom is 0.154 e. The van der Waals surface area contributed by atoms with Crippen LogP contribution in [0.5, 0.6) is 5.75 Å². The third-order valence-electron chi connectivity index (χ3n) is 2.83. The fourth-order valence-corrected chi connectivity index (χ4v) is 1.85. The van der Waals surface area contributed by atoms with Crippen LogP contribution in [0.15, 0.2) is 24.3 Å². The molecule has 0 unspecified atom stereocenters. The van der Waals surface area contributed by atoms with Gasteiger partial charge in [0, 0.05) is 5.56 Å². The van der Waals surface area contributed by atoms with Crippen LogP contribution in [0.25, 0.3) is 11.3 Å². The summed E-state index contributed by atoms with van der Waals surface area (Å²) in [5, 5.41) is 8.55. The number of aromatic nitrogens is 2. The monoisotopic (exact) mass is 248 g/mol. The zero-order valence-corrected chi connectivity index (χ0v) is 10.7. The van der Waals surface area contributed by atoms with Crippen molar-refractivity contribution in [1.82, 2.24) is 10.2 Å². The molecular formula is C13H13ClN2O. The molecule has 2 rings (SSSR count). The topological polar surface area (TPSA) is 35.0 Å². The lowest BCUT2D eigenvalue weighted by molar-refractivity contribution is 0.416. The minimum Gasteiger partial charge on any atom is -0.496 e. The second-order valence-corrected chi connectivity index (χ2v) is 4.15. The number of nitrogens with zero attached hydrogens (tertiary/aromatic N) is 2.